The fraction of sp³-hybridized carbons (Fsp3) is 0.500. The van der Waals surface area contributed by atoms with Crippen molar-refractivity contribution in [3.63, 3.8) is 0 Å². The lowest BCUT2D eigenvalue weighted by molar-refractivity contribution is -0.137. The summed E-state index contributed by atoms with van der Waals surface area (Å²) in [4.78, 5) is 13.5. The summed E-state index contributed by atoms with van der Waals surface area (Å²) in [6.07, 6.45) is -3.10. The minimum Gasteiger partial charge on any atom is -0.325 e. The molecule has 0 aliphatic carbocycles. The number of carbonyl (C=O) groups is 1. The Morgan fingerprint density at radius 3 is 2.35 bits per heavy atom. The van der Waals surface area contributed by atoms with Crippen LogP contribution in [-0.4, -0.2) is 23.9 Å². The third kappa shape index (κ3) is 2.80. The Morgan fingerprint density at radius 1 is 1.25 bits per heavy atom. The fourth-order valence-corrected chi connectivity index (χ4v) is 2.42. The number of hydrogen-bond acceptors (Lipinski definition) is 2. The van der Waals surface area contributed by atoms with Gasteiger partial charge in [-0.15, -0.1) is 0 Å². The van der Waals surface area contributed by atoms with Crippen LogP contribution < -0.4 is 5.32 Å². The molecule has 1 heterocycles. The molecule has 0 radical (unpaired) electrons. The molecule has 0 saturated carbocycles. The Kier molecular flexibility index (Phi) is 4.04. The van der Waals surface area contributed by atoms with Crippen LogP contribution in [0.2, 0.25) is 0 Å². The first-order valence-electron chi connectivity index (χ1n) is 6.54. The Balaban J connectivity index is 2.18. The van der Waals surface area contributed by atoms with E-state index in [1.54, 1.807) is 11.9 Å². The maximum absolute atomic E-state index is 12.5. The van der Waals surface area contributed by atoms with E-state index in [1.165, 1.54) is 12.1 Å². The highest BCUT2D eigenvalue weighted by atomic mass is 19.4. The molecule has 3 nitrogen and oxygen atoms in total. The van der Waals surface area contributed by atoms with Crippen molar-refractivity contribution in [3.05, 3.63) is 35.4 Å². The number of halogens is 3. The number of nitrogens with one attached hydrogen (secondary N) is 1. The monoisotopic (exact) mass is 286 g/mol. The number of rotatable bonds is 3. The van der Waals surface area contributed by atoms with Crippen molar-refractivity contribution in [2.45, 2.75) is 38.1 Å². The summed E-state index contributed by atoms with van der Waals surface area (Å²) in [5, 5.41) is 3.16. The molecule has 2 unspecified atom stereocenters. The molecule has 1 amide bonds. The van der Waals surface area contributed by atoms with Gasteiger partial charge >= 0.3 is 6.18 Å². The van der Waals surface area contributed by atoms with Gasteiger partial charge in [0.1, 0.15) is 6.17 Å². The predicted octanol–water partition coefficient (Wildman–Crippen LogP) is 2.93. The molecule has 6 heteroatoms. The van der Waals surface area contributed by atoms with Crippen LogP contribution in [-0.2, 0) is 11.0 Å². The maximum Gasteiger partial charge on any atom is 0.416 e. The molecule has 1 aliphatic rings. The Bertz CT molecular complexity index is 484. The number of nitrogens with zero attached hydrogens (tertiary/aromatic N) is 1. The zero-order valence-electron chi connectivity index (χ0n) is 11.4. The van der Waals surface area contributed by atoms with Gasteiger partial charge in [-0.2, -0.15) is 13.2 Å². The number of likely N-dealkylation sites (N-methyl/N-ethyl adjacent to an activating group) is 1. The van der Waals surface area contributed by atoms with Gasteiger partial charge in [0.2, 0.25) is 5.91 Å². The quantitative estimate of drug-likeness (QED) is 0.926. The van der Waals surface area contributed by atoms with Crippen molar-refractivity contribution in [2.24, 2.45) is 0 Å². The van der Waals surface area contributed by atoms with E-state index in [2.05, 4.69) is 5.32 Å². The first kappa shape index (κ1) is 14.8. The minimum absolute atomic E-state index is 0.0169. The Labute approximate surface area is 115 Å². The lowest BCUT2D eigenvalue weighted by Gasteiger charge is -2.20. The summed E-state index contributed by atoms with van der Waals surface area (Å²) in [6.45, 7) is 1.99. The number of amides is 1. The van der Waals surface area contributed by atoms with Gasteiger partial charge in [0.05, 0.1) is 11.6 Å². The predicted molar refractivity (Wildman–Crippen MR) is 68.8 cm³/mol. The van der Waals surface area contributed by atoms with Crippen molar-refractivity contribution in [3.8, 4) is 0 Å². The van der Waals surface area contributed by atoms with Gasteiger partial charge in [-0.05, 0) is 24.1 Å². The van der Waals surface area contributed by atoms with E-state index in [9.17, 15) is 18.0 Å². The average Bonchev–Trinajstić information content (AvgIpc) is 2.67. The molecule has 1 aliphatic heterocycles. The van der Waals surface area contributed by atoms with Crippen LogP contribution in [0.4, 0.5) is 13.2 Å². The molecule has 0 bridgehead atoms. The molecule has 0 aromatic heterocycles. The summed E-state index contributed by atoms with van der Waals surface area (Å²) in [7, 11) is 1.66. The molecular formula is C14H17F3N2O. The molecule has 1 fully saturated rings. The zero-order chi connectivity index (χ0) is 14.9. The molecule has 2 atom stereocenters. The average molecular weight is 286 g/mol. The lowest BCUT2D eigenvalue weighted by atomic mass is 10.1. The molecule has 20 heavy (non-hydrogen) atoms. The first-order chi connectivity index (χ1) is 9.34. The maximum atomic E-state index is 12.5. The van der Waals surface area contributed by atoms with Gasteiger partial charge in [-0.25, -0.2) is 0 Å². The van der Waals surface area contributed by atoms with Crippen LogP contribution in [0.1, 0.15) is 37.1 Å². The number of carbonyl (C=O) groups excluding carboxylic acids is 1. The van der Waals surface area contributed by atoms with Crippen LogP contribution in [0.25, 0.3) is 0 Å². The summed E-state index contributed by atoms with van der Waals surface area (Å²) in [5.41, 5.74) is -0.0224. The fourth-order valence-electron chi connectivity index (χ4n) is 2.42. The number of hydrogen-bond donors (Lipinski definition) is 1. The highest BCUT2D eigenvalue weighted by molar-refractivity contribution is 5.84. The summed E-state index contributed by atoms with van der Waals surface area (Å²) in [6, 6.07) is 4.67. The molecule has 1 N–H and O–H groups in total. The standard InChI is InChI=1S/C14H17F3N2O/c1-3-4-11-13(20)19(2)12(18-11)9-5-7-10(8-6-9)14(15,16)17/h5-8,11-12,18H,3-4H2,1-2H3. The Hall–Kier alpha value is -1.56. The summed E-state index contributed by atoms with van der Waals surface area (Å²) in [5.74, 6) is -0.0169. The van der Waals surface area contributed by atoms with Crippen molar-refractivity contribution in [1.82, 2.24) is 10.2 Å². The van der Waals surface area contributed by atoms with Crippen LogP contribution in [0.15, 0.2) is 24.3 Å². The normalized spacial score (nSPS) is 23.4. The highest BCUT2D eigenvalue weighted by Crippen LogP contribution is 2.31. The van der Waals surface area contributed by atoms with E-state index < -0.39 is 11.7 Å². The second kappa shape index (κ2) is 5.44. The minimum atomic E-state index is -4.34. The largest absolute Gasteiger partial charge is 0.416 e. The molecule has 2 rings (SSSR count). The van der Waals surface area contributed by atoms with Gasteiger partial charge < -0.3 is 4.90 Å². The van der Waals surface area contributed by atoms with Gasteiger partial charge in [0.15, 0.2) is 0 Å². The van der Waals surface area contributed by atoms with E-state index in [0.29, 0.717) is 5.56 Å². The SMILES string of the molecule is CCCC1NC(c2ccc(C(F)(F)F)cc2)N(C)C1=O. The molecule has 1 saturated heterocycles. The van der Waals surface area contributed by atoms with Crippen LogP contribution >= 0.6 is 0 Å². The summed E-state index contributed by atoms with van der Waals surface area (Å²) >= 11 is 0. The van der Waals surface area contributed by atoms with Gasteiger partial charge in [-0.3, -0.25) is 10.1 Å². The van der Waals surface area contributed by atoms with Crippen LogP contribution in [0.3, 0.4) is 0 Å². The van der Waals surface area contributed by atoms with Crippen LogP contribution in [0, 0.1) is 0 Å². The first-order valence-corrected chi connectivity index (χ1v) is 6.54. The Morgan fingerprint density at radius 2 is 1.85 bits per heavy atom. The zero-order valence-corrected chi connectivity index (χ0v) is 11.4. The third-order valence-corrected chi connectivity index (χ3v) is 3.52. The van der Waals surface area contributed by atoms with Crippen molar-refractivity contribution in [2.75, 3.05) is 7.05 Å². The highest BCUT2D eigenvalue weighted by Gasteiger charge is 2.37. The van der Waals surface area contributed by atoms with Crippen LogP contribution in [0.5, 0.6) is 0 Å². The smallest absolute Gasteiger partial charge is 0.325 e. The van der Waals surface area contributed by atoms with Gasteiger partial charge in [0.25, 0.3) is 0 Å². The topological polar surface area (TPSA) is 32.3 Å². The second-order valence-electron chi connectivity index (χ2n) is 4.98. The third-order valence-electron chi connectivity index (χ3n) is 3.52. The second-order valence-corrected chi connectivity index (χ2v) is 4.98. The van der Waals surface area contributed by atoms with E-state index >= 15 is 0 Å². The van der Waals surface area contributed by atoms with E-state index in [4.69, 9.17) is 0 Å². The number of benzene rings is 1. The van der Waals surface area contributed by atoms with E-state index in [0.717, 1.165) is 25.0 Å². The van der Waals surface area contributed by atoms with E-state index in [1.807, 2.05) is 6.92 Å². The molecule has 110 valence electrons. The molecule has 1 aromatic rings. The van der Waals surface area contributed by atoms with Crippen molar-refractivity contribution >= 4 is 5.91 Å². The molecule has 1 aromatic carbocycles. The van der Waals surface area contributed by atoms with Gasteiger partial charge in [0, 0.05) is 7.05 Å². The van der Waals surface area contributed by atoms with Gasteiger partial charge in [-0.1, -0.05) is 25.5 Å². The van der Waals surface area contributed by atoms with Crippen molar-refractivity contribution < 1.29 is 18.0 Å². The molecular weight excluding hydrogens is 269 g/mol. The van der Waals surface area contributed by atoms with E-state index in [-0.39, 0.29) is 18.1 Å². The summed E-state index contributed by atoms with van der Waals surface area (Å²) < 4.78 is 37.6. The van der Waals surface area contributed by atoms with Crippen molar-refractivity contribution in [1.29, 1.82) is 0 Å². The molecule has 0 spiro atoms. The lowest BCUT2D eigenvalue weighted by Crippen LogP contribution is -2.28. The number of alkyl halides is 3.